The third-order valence-corrected chi connectivity index (χ3v) is 4.59. The number of nitrogens with two attached hydrogens (primary N) is 1. The van der Waals surface area contributed by atoms with Crippen molar-refractivity contribution in [3.63, 3.8) is 0 Å². The van der Waals surface area contributed by atoms with E-state index >= 15 is 0 Å². The van der Waals surface area contributed by atoms with Crippen LogP contribution in [0.2, 0.25) is 0 Å². The van der Waals surface area contributed by atoms with Crippen molar-refractivity contribution >= 4 is 15.5 Å². The molecule has 2 N–H and O–H groups in total. The molecule has 5 heteroatoms. The van der Waals surface area contributed by atoms with Gasteiger partial charge in [-0.2, -0.15) is 0 Å². The second kappa shape index (κ2) is 4.93. The van der Waals surface area contributed by atoms with Crippen molar-refractivity contribution in [3.8, 4) is 5.75 Å². The average molecular weight is 277 g/mol. The van der Waals surface area contributed by atoms with Crippen LogP contribution < -0.4 is 10.5 Å². The van der Waals surface area contributed by atoms with Gasteiger partial charge in [0.2, 0.25) is 9.84 Å². The molecule has 0 unspecified atom stereocenters. The number of methoxy groups -OCH3 is 1. The summed E-state index contributed by atoms with van der Waals surface area (Å²) in [6.07, 6.45) is 0. The smallest absolute Gasteiger partial charge is 0.210 e. The lowest BCUT2D eigenvalue weighted by Gasteiger charge is -2.10. The first-order chi connectivity index (χ1) is 8.95. The highest BCUT2D eigenvalue weighted by Gasteiger charge is 2.22. The predicted molar refractivity (Wildman–Crippen MR) is 74.0 cm³/mol. The van der Waals surface area contributed by atoms with E-state index in [1.165, 1.54) is 19.2 Å². The molecule has 4 nitrogen and oxygen atoms in total. The minimum absolute atomic E-state index is 0.166. The van der Waals surface area contributed by atoms with Gasteiger partial charge in [0.25, 0.3) is 0 Å². The summed E-state index contributed by atoms with van der Waals surface area (Å²) in [5.74, 6) is 0.336. The monoisotopic (exact) mass is 277 g/mol. The number of hydrogen-bond acceptors (Lipinski definition) is 4. The molecule has 0 spiro atoms. The van der Waals surface area contributed by atoms with E-state index in [0.717, 1.165) is 5.56 Å². The number of benzene rings is 2. The van der Waals surface area contributed by atoms with E-state index in [2.05, 4.69) is 0 Å². The van der Waals surface area contributed by atoms with Crippen molar-refractivity contribution in [1.82, 2.24) is 0 Å². The minimum atomic E-state index is -3.60. The van der Waals surface area contributed by atoms with Gasteiger partial charge in [-0.05, 0) is 48.9 Å². The van der Waals surface area contributed by atoms with Gasteiger partial charge in [-0.1, -0.05) is 6.07 Å². The molecule has 2 aromatic rings. The SMILES string of the molecule is COc1ccc(C)cc1S(=O)(=O)c1ccc(N)cc1. The number of anilines is 1. The highest BCUT2D eigenvalue weighted by Crippen LogP contribution is 2.30. The van der Waals surface area contributed by atoms with Gasteiger partial charge in [-0.3, -0.25) is 0 Å². The van der Waals surface area contributed by atoms with E-state index in [-0.39, 0.29) is 9.79 Å². The van der Waals surface area contributed by atoms with Gasteiger partial charge in [0, 0.05) is 5.69 Å². The van der Waals surface area contributed by atoms with Gasteiger partial charge in [0.05, 0.1) is 12.0 Å². The second-order valence-corrected chi connectivity index (χ2v) is 6.14. The normalized spacial score (nSPS) is 11.3. The quantitative estimate of drug-likeness (QED) is 0.875. The molecule has 0 heterocycles. The fourth-order valence-electron chi connectivity index (χ4n) is 1.77. The highest BCUT2D eigenvalue weighted by molar-refractivity contribution is 7.91. The van der Waals surface area contributed by atoms with Gasteiger partial charge in [-0.15, -0.1) is 0 Å². The average Bonchev–Trinajstić information content (AvgIpc) is 2.39. The van der Waals surface area contributed by atoms with Crippen LogP contribution >= 0.6 is 0 Å². The maximum Gasteiger partial charge on any atom is 0.210 e. The maximum atomic E-state index is 12.6. The van der Waals surface area contributed by atoms with Crippen LogP contribution in [0.4, 0.5) is 5.69 Å². The van der Waals surface area contributed by atoms with Crippen LogP contribution in [-0.4, -0.2) is 15.5 Å². The molecule has 0 aliphatic rings. The molecule has 0 aliphatic carbocycles. The molecule has 0 saturated carbocycles. The Balaban J connectivity index is 2.62. The standard InChI is InChI=1S/C14H15NO3S/c1-10-3-8-13(18-2)14(9-10)19(16,17)12-6-4-11(15)5-7-12/h3-9H,15H2,1-2H3. The molecule has 0 radical (unpaired) electrons. The molecule has 19 heavy (non-hydrogen) atoms. The molecule has 0 saturated heterocycles. The van der Waals surface area contributed by atoms with E-state index in [0.29, 0.717) is 11.4 Å². The van der Waals surface area contributed by atoms with Crippen molar-refractivity contribution in [1.29, 1.82) is 0 Å². The number of sulfone groups is 1. The van der Waals surface area contributed by atoms with Crippen LogP contribution in [0.1, 0.15) is 5.56 Å². The molecule has 0 atom stereocenters. The Morgan fingerprint density at radius 3 is 2.26 bits per heavy atom. The topological polar surface area (TPSA) is 69.4 Å². The van der Waals surface area contributed by atoms with Crippen molar-refractivity contribution in [2.45, 2.75) is 16.7 Å². The molecule has 0 amide bonds. The fourth-order valence-corrected chi connectivity index (χ4v) is 3.27. The molecule has 0 bridgehead atoms. The Morgan fingerprint density at radius 2 is 1.68 bits per heavy atom. The molecule has 100 valence electrons. The second-order valence-electron chi connectivity index (χ2n) is 4.23. The highest BCUT2D eigenvalue weighted by atomic mass is 32.2. The number of rotatable bonds is 3. The molecular formula is C14H15NO3S. The van der Waals surface area contributed by atoms with Gasteiger partial charge in [0.15, 0.2) is 0 Å². The summed E-state index contributed by atoms with van der Waals surface area (Å²) in [6, 6.07) is 11.2. The van der Waals surface area contributed by atoms with E-state index in [4.69, 9.17) is 10.5 Å². The number of ether oxygens (including phenoxy) is 1. The molecule has 0 aromatic heterocycles. The van der Waals surface area contributed by atoms with Crippen LogP contribution in [0.15, 0.2) is 52.3 Å². The Morgan fingerprint density at radius 1 is 1.05 bits per heavy atom. The Labute approximate surface area is 112 Å². The summed E-state index contributed by atoms with van der Waals surface area (Å²) in [5.41, 5.74) is 6.95. The van der Waals surface area contributed by atoms with E-state index in [1.807, 2.05) is 6.92 Å². The van der Waals surface area contributed by atoms with E-state index < -0.39 is 9.84 Å². The third kappa shape index (κ3) is 2.56. The van der Waals surface area contributed by atoms with Gasteiger partial charge in [-0.25, -0.2) is 8.42 Å². The maximum absolute atomic E-state index is 12.6. The summed E-state index contributed by atoms with van der Waals surface area (Å²) in [7, 11) is -2.15. The Kier molecular flexibility index (Phi) is 3.48. The molecule has 2 aromatic carbocycles. The zero-order valence-electron chi connectivity index (χ0n) is 10.8. The summed E-state index contributed by atoms with van der Waals surface area (Å²) in [6.45, 7) is 1.83. The summed E-state index contributed by atoms with van der Waals surface area (Å²) in [4.78, 5) is 0.366. The van der Waals surface area contributed by atoms with E-state index in [1.54, 1.807) is 30.3 Å². The lowest BCUT2D eigenvalue weighted by Crippen LogP contribution is -2.05. The van der Waals surface area contributed by atoms with Gasteiger partial charge in [0.1, 0.15) is 10.6 Å². The largest absolute Gasteiger partial charge is 0.495 e. The Hall–Kier alpha value is -2.01. The summed E-state index contributed by atoms with van der Waals surface area (Å²) >= 11 is 0. The third-order valence-electron chi connectivity index (χ3n) is 2.80. The lowest BCUT2D eigenvalue weighted by atomic mass is 10.2. The molecular weight excluding hydrogens is 262 g/mol. The Bertz CT molecular complexity index is 691. The summed E-state index contributed by atoms with van der Waals surface area (Å²) < 4.78 is 30.2. The minimum Gasteiger partial charge on any atom is -0.495 e. The van der Waals surface area contributed by atoms with Crippen molar-refractivity contribution in [2.75, 3.05) is 12.8 Å². The first kappa shape index (κ1) is 13.4. The van der Waals surface area contributed by atoms with Gasteiger partial charge < -0.3 is 10.5 Å². The molecule has 0 fully saturated rings. The first-order valence-electron chi connectivity index (χ1n) is 5.70. The molecule has 2 rings (SSSR count). The zero-order chi connectivity index (χ0) is 14.0. The number of hydrogen-bond donors (Lipinski definition) is 1. The van der Waals surface area contributed by atoms with Crippen LogP contribution in [-0.2, 0) is 9.84 Å². The van der Waals surface area contributed by atoms with Crippen LogP contribution in [0, 0.1) is 6.92 Å². The predicted octanol–water partition coefficient (Wildman–Crippen LogP) is 2.42. The van der Waals surface area contributed by atoms with Crippen LogP contribution in [0.3, 0.4) is 0 Å². The number of nitrogen functional groups attached to an aromatic ring is 1. The van der Waals surface area contributed by atoms with Crippen molar-refractivity contribution in [2.24, 2.45) is 0 Å². The zero-order valence-corrected chi connectivity index (χ0v) is 11.6. The first-order valence-corrected chi connectivity index (χ1v) is 7.19. The van der Waals surface area contributed by atoms with Crippen molar-refractivity contribution < 1.29 is 13.2 Å². The molecule has 0 aliphatic heterocycles. The summed E-state index contributed by atoms with van der Waals surface area (Å²) in [5, 5.41) is 0. The van der Waals surface area contributed by atoms with Crippen LogP contribution in [0.25, 0.3) is 0 Å². The lowest BCUT2D eigenvalue weighted by molar-refractivity contribution is 0.402. The van der Waals surface area contributed by atoms with E-state index in [9.17, 15) is 8.42 Å². The number of aryl methyl sites for hydroxylation is 1. The van der Waals surface area contributed by atoms with Gasteiger partial charge >= 0.3 is 0 Å². The fraction of sp³-hybridized carbons (Fsp3) is 0.143. The van der Waals surface area contributed by atoms with Crippen molar-refractivity contribution in [3.05, 3.63) is 48.0 Å². The van der Waals surface area contributed by atoms with Crippen LogP contribution in [0.5, 0.6) is 5.75 Å².